The van der Waals surface area contributed by atoms with Gasteiger partial charge in [0.05, 0.1) is 18.3 Å². The lowest BCUT2D eigenvalue weighted by Crippen LogP contribution is -2.42. The minimum Gasteiger partial charge on any atom is -0.354 e. The number of guanidine groups is 1. The Bertz CT molecular complexity index is 764. The van der Waals surface area contributed by atoms with Crippen molar-refractivity contribution in [1.82, 2.24) is 25.3 Å². The lowest BCUT2D eigenvalue weighted by atomic mass is 10.0. The Balaban J connectivity index is 1.69. The smallest absolute Gasteiger partial charge is 0.191 e. The van der Waals surface area contributed by atoms with E-state index in [1.807, 2.05) is 17.8 Å². The van der Waals surface area contributed by atoms with Crippen LogP contribution in [0, 0.1) is 5.82 Å². The van der Waals surface area contributed by atoms with E-state index >= 15 is 0 Å². The van der Waals surface area contributed by atoms with Gasteiger partial charge >= 0.3 is 0 Å². The van der Waals surface area contributed by atoms with Crippen LogP contribution in [0.3, 0.4) is 0 Å². The van der Waals surface area contributed by atoms with Gasteiger partial charge in [-0.25, -0.2) is 4.39 Å². The van der Waals surface area contributed by atoms with E-state index in [0.29, 0.717) is 29.6 Å². The average molecular weight is 393 g/mol. The number of nitrogens with zero attached hydrogens (tertiary/aromatic N) is 4. The monoisotopic (exact) mass is 392 g/mol. The highest BCUT2D eigenvalue weighted by Crippen LogP contribution is 2.31. The maximum atomic E-state index is 14.5. The van der Waals surface area contributed by atoms with Gasteiger partial charge in [0.1, 0.15) is 5.82 Å². The van der Waals surface area contributed by atoms with Crippen LogP contribution in [0.5, 0.6) is 0 Å². The van der Waals surface area contributed by atoms with Crippen LogP contribution in [0.2, 0.25) is 5.02 Å². The molecule has 1 atom stereocenters. The van der Waals surface area contributed by atoms with E-state index in [-0.39, 0.29) is 11.9 Å². The van der Waals surface area contributed by atoms with Gasteiger partial charge in [-0.05, 0) is 44.1 Å². The molecule has 2 N–H and O–H groups in total. The van der Waals surface area contributed by atoms with E-state index in [0.717, 1.165) is 31.6 Å². The van der Waals surface area contributed by atoms with Crippen LogP contribution in [0.15, 0.2) is 35.5 Å². The lowest BCUT2D eigenvalue weighted by molar-refractivity contribution is 0.240. The summed E-state index contributed by atoms with van der Waals surface area (Å²) in [5.41, 5.74) is 1.60. The molecule has 1 fully saturated rings. The second-order valence-corrected chi connectivity index (χ2v) is 7.05. The molecule has 0 bridgehead atoms. The molecule has 0 amide bonds. The van der Waals surface area contributed by atoms with Crippen molar-refractivity contribution in [3.63, 3.8) is 0 Å². The maximum Gasteiger partial charge on any atom is 0.191 e. The third-order valence-electron chi connectivity index (χ3n) is 4.96. The molecule has 0 saturated carbocycles. The van der Waals surface area contributed by atoms with Gasteiger partial charge in [-0.15, -0.1) is 0 Å². The largest absolute Gasteiger partial charge is 0.354 e. The van der Waals surface area contributed by atoms with Crippen molar-refractivity contribution in [2.24, 2.45) is 12.0 Å². The molecule has 8 heteroatoms. The molecule has 0 radical (unpaired) electrons. The highest BCUT2D eigenvalue weighted by Gasteiger charge is 2.27. The van der Waals surface area contributed by atoms with Crippen molar-refractivity contribution in [1.29, 1.82) is 0 Å². The quantitative estimate of drug-likeness (QED) is 0.586. The Hall–Kier alpha value is -2.12. The fourth-order valence-electron chi connectivity index (χ4n) is 3.46. The minimum absolute atomic E-state index is 0.142. The summed E-state index contributed by atoms with van der Waals surface area (Å²) in [7, 11) is 3.62. The highest BCUT2D eigenvalue weighted by atomic mass is 35.5. The van der Waals surface area contributed by atoms with Gasteiger partial charge in [-0.1, -0.05) is 17.7 Å². The summed E-state index contributed by atoms with van der Waals surface area (Å²) in [6.45, 7) is 3.01. The Kier molecular flexibility index (Phi) is 6.68. The molecule has 0 spiro atoms. The Morgan fingerprint density at radius 3 is 2.70 bits per heavy atom. The Morgan fingerprint density at radius 2 is 2.07 bits per heavy atom. The molecule has 2 heterocycles. The van der Waals surface area contributed by atoms with E-state index in [1.165, 1.54) is 6.07 Å². The molecule has 1 unspecified atom stereocenters. The SMILES string of the molecule is CN=C(NCc1ccnn1C)NCC(c1c(F)cccc1Cl)N1CCCC1. The first-order valence-corrected chi connectivity index (χ1v) is 9.57. The van der Waals surface area contributed by atoms with Crippen LogP contribution in [-0.2, 0) is 13.6 Å². The van der Waals surface area contributed by atoms with Crippen molar-refractivity contribution in [3.05, 3.63) is 52.6 Å². The molecular weight excluding hydrogens is 367 g/mol. The fraction of sp³-hybridized carbons (Fsp3) is 0.474. The van der Waals surface area contributed by atoms with E-state index in [2.05, 4.69) is 25.6 Å². The van der Waals surface area contributed by atoms with E-state index in [9.17, 15) is 4.39 Å². The normalized spacial score (nSPS) is 16.5. The molecule has 146 valence electrons. The van der Waals surface area contributed by atoms with Gasteiger partial charge in [0.15, 0.2) is 5.96 Å². The predicted octanol–water partition coefficient (Wildman–Crippen LogP) is 2.71. The summed E-state index contributed by atoms with van der Waals surface area (Å²) in [6, 6.07) is 6.67. The lowest BCUT2D eigenvalue weighted by Gasteiger charge is -2.29. The number of aryl methyl sites for hydroxylation is 1. The molecular formula is C19H26ClFN6. The number of halogens is 2. The van der Waals surface area contributed by atoms with E-state index in [4.69, 9.17) is 11.6 Å². The molecule has 3 rings (SSSR count). The van der Waals surface area contributed by atoms with Gasteiger partial charge in [-0.2, -0.15) is 5.10 Å². The third-order valence-corrected chi connectivity index (χ3v) is 5.29. The number of nitrogens with one attached hydrogen (secondary N) is 2. The highest BCUT2D eigenvalue weighted by molar-refractivity contribution is 6.31. The molecule has 2 aromatic rings. The molecule has 0 aliphatic carbocycles. The first-order chi connectivity index (χ1) is 13.1. The zero-order valence-electron chi connectivity index (χ0n) is 15.8. The Morgan fingerprint density at radius 1 is 1.30 bits per heavy atom. The number of likely N-dealkylation sites (tertiary alicyclic amines) is 1. The summed E-state index contributed by atoms with van der Waals surface area (Å²) in [6.07, 6.45) is 4.00. The topological polar surface area (TPSA) is 57.5 Å². The van der Waals surface area contributed by atoms with Crippen molar-refractivity contribution < 1.29 is 4.39 Å². The standard InChI is InChI=1S/C19H26ClFN6/c1-22-19(23-12-14-8-9-25-26(14)2)24-13-17(27-10-3-4-11-27)18-15(20)6-5-7-16(18)21/h5-9,17H,3-4,10-13H2,1-2H3,(H2,22,23,24). The molecule has 1 aromatic carbocycles. The third kappa shape index (κ3) is 4.78. The zero-order valence-corrected chi connectivity index (χ0v) is 16.5. The van der Waals surface area contributed by atoms with Crippen molar-refractivity contribution in [2.75, 3.05) is 26.7 Å². The van der Waals surface area contributed by atoms with Crippen LogP contribution >= 0.6 is 11.6 Å². The number of benzene rings is 1. The first-order valence-electron chi connectivity index (χ1n) is 9.19. The minimum atomic E-state index is -0.265. The summed E-state index contributed by atoms with van der Waals surface area (Å²) in [5.74, 6) is 0.395. The number of aliphatic imine (C=N–C) groups is 1. The second kappa shape index (κ2) is 9.19. The van der Waals surface area contributed by atoms with Gasteiger partial charge in [0.2, 0.25) is 0 Å². The first kappa shape index (κ1) is 19.6. The second-order valence-electron chi connectivity index (χ2n) is 6.65. The summed E-state index contributed by atoms with van der Waals surface area (Å²) in [4.78, 5) is 6.56. The van der Waals surface area contributed by atoms with Crippen LogP contribution in [0.1, 0.15) is 30.1 Å². The average Bonchev–Trinajstić information content (AvgIpc) is 3.32. The summed E-state index contributed by atoms with van der Waals surface area (Å²) < 4.78 is 16.4. The van der Waals surface area contributed by atoms with Gasteiger partial charge in [0.25, 0.3) is 0 Å². The van der Waals surface area contributed by atoms with Crippen molar-refractivity contribution in [2.45, 2.75) is 25.4 Å². The summed E-state index contributed by atoms with van der Waals surface area (Å²) in [5, 5.41) is 11.2. The molecule has 1 aliphatic heterocycles. The van der Waals surface area contributed by atoms with Gasteiger partial charge < -0.3 is 10.6 Å². The summed E-state index contributed by atoms with van der Waals surface area (Å²) >= 11 is 6.35. The predicted molar refractivity (Wildman–Crippen MR) is 106 cm³/mol. The molecule has 1 aromatic heterocycles. The van der Waals surface area contributed by atoms with E-state index < -0.39 is 0 Å². The van der Waals surface area contributed by atoms with Crippen molar-refractivity contribution >= 4 is 17.6 Å². The van der Waals surface area contributed by atoms with Crippen LogP contribution < -0.4 is 10.6 Å². The molecule has 1 saturated heterocycles. The zero-order chi connectivity index (χ0) is 19.2. The van der Waals surface area contributed by atoms with E-state index in [1.54, 1.807) is 25.4 Å². The number of rotatable bonds is 6. The number of aromatic nitrogens is 2. The number of hydrogen-bond acceptors (Lipinski definition) is 3. The number of hydrogen-bond donors (Lipinski definition) is 2. The molecule has 1 aliphatic rings. The van der Waals surface area contributed by atoms with Crippen LogP contribution in [-0.4, -0.2) is 47.3 Å². The van der Waals surface area contributed by atoms with Crippen molar-refractivity contribution in [3.8, 4) is 0 Å². The van der Waals surface area contributed by atoms with Crippen LogP contribution in [0.4, 0.5) is 4.39 Å². The molecule has 27 heavy (non-hydrogen) atoms. The van der Waals surface area contributed by atoms with Gasteiger partial charge in [-0.3, -0.25) is 14.6 Å². The fourth-order valence-corrected chi connectivity index (χ4v) is 3.75. The maximum absolute atomic E-state index is 14.5. The molecule has 6 nitrogen and oxygen atoms in total. The Labute approximate surface area is 164 Å². The van der Waals surface area contributed by atoms with Crippen LogP contribution in [0.25, 0.3) is 0 Å². The van der Waals surface area contributed by atoms with Gasteiger partial charge in [0, 0.05) is 37.4 Å².